The number of carbonyl (C=O) groups excluding carboxylic acids is 1. The van der Waals surface area contributed by atoms with E-state index in [1.54, 1.807) is 19.0 Å². The average molecular weight is 480 g/mol. The summed E-state index contributed by atoms with van der Waals surface area (Å²) in [5, 5.41) is 6.69. The molecule has 3 fully saturated rings. The topological polar surface area (TPSA) is 75.2 Å². The lowest BCUT2D eigenvalue weighted by molar-refractivity contribution is -0.175. The van der Waals surface area contributed by atoms with Gasteiger partial charge in [0.15, 0.2) is 11.7 Å². The molecular weight excluding hydrogens is 447 g/mol. The van der Waals surface area contributed by atoms with E-state index in [0.29, 0.717) is 25.2 Å². The number of likely N-dealkylation sites (N-methyl/N-ethyl adjacent to an activating group) is 1. The van der Waals surface area contributed by atoms with E-state index >= 15 is 0 Å². The molecule has 0 aromatic carbocycles. The quantitative estimate of drug-likeness (QED) is 0.357. The monoisotopic (exact) mass is 480 g/mol. The molecule has 0 aromatic heterocycles. The number of guanidine groups is 1. The van der Waals surface area contributed by atoms with Crippen molar-refractivity contribution in [3.8, 4) is 0 Å². The Hall–Kier alpha value is -0.610. The van der Waals surface area contributed by atoms with Gasteiger partial charge in [-0.25, -0.2) is 4.99 Å². The molecule has 3 aliphatic rings. The lowest BCUT2D eigenvalue weighted by atomic mass is 10.1. The molecule has 3 rings (SSSR count). The fourth-order valence-corrected chi connectivity index (χ4v) is 3.32. The van der Waals surface area contributed by atoms with Gasteiger partial charge in [-0.05, 0) is 25.7 Å². The highest BCUT2D eigenvalue weighted by Gasteiger charge is 2.41. The molecule has 0 radical (unpaired) electrons. The predicted octanol–water partition coefficient (Wildman–Crippen LogP) is 1.86. The summed E-state index contributed by atoms with van der Waals surface area (Å²) in [6.07, 6.45) is 9.28. The summed E-state index contributed by atoms with van der Waals surface area (Å²) in [4.78, 5) is 17.7. The maximum atomic E-state index is 11.8. The van der Waals surface area contributed by atoms with Crippen LogP contribution in [-0.4, -0.2) is 68.5 Å². The zero-order valence-electron chi connectivity index (χ0n) is 16.0. The number of amides is 1. The SMILES string of the molecule is CN(C)C(=O)CN=C(NCC1COC2(CCCCCC2)O1)NC1CC1.I. The molecule has 150 valence electrons. The van der Waals surface area contributed by atoms with E-state index in [0.717, 1.165) is 25.7 Å². The number of aliphatic imine (C=N–C) groups is 1. The van der Waals surface area contributed by atoms with E-state index in [2.05, 4.69) is 15.6 Å². The molecule has 8 heteroatoms. The molecule has 1 heterocycles. The van der Waals surface area contributed by atoms with E-state index in [9.17, 15) is 4.79 Å². The highest BCUT2D eigenvalue weighted by molar-refractivity contribution is 14.0. The van der Waals surface area contributed by atoms with Gasteiger partial charge >= 0.3 is 0 Å². The summed E-state index contributed by atoms with van der Waals surface area (Å²) in [5.74, 6) is 0.336. The van der Waals surface area contributed by atoms with Crippen LogP contribution in [0.5, 0.6) is 0 Å². The highest BCUT2D eigenvalue weighted by atomic mass is 127. The zero-order chi connectivity index (χ0) is 17.7. The van der Waals surface area contributed by atoms with Gasteiger partial charge in [0.1, 0.15) is 12.6 Å². The molecular formula is C18H33IN4O3. The van der Waals surface area contributed by atoms with E-state index in [-0.39, 0.29) is 48.3 Å². The fraction of sp³-hybridized carbons (Fsp3) is 0.889. The molecule has 26 heavy (non-hydrogen) atoms. The van der Waals surface area contributed by atoms with Crippen LogP contribution < -0.4 is 10.6 Å². The van der Waals surface area contributed by atoms with Crippen molar-refractivity contribution in [3.63, 3.8) is 0 Å². The van der Waals surface area contributed by atoms with Gasteiger partial charge in [-0.1, -0.05) is 12.8 Å². The maximum absolute atomic E-state index is 11.8. The number of nitrogens with zero attached hydrogens (tertiary/aromatic N) is 2. The summed E-state index contributed by atoms with van der Waals surface area (Å²) < 4.78 is 12.3. The minimum absolute atomic E-state index is 0. The third-order valence-corrected chi connectivity index (χ3v) is 5.07. The van der Waals surface area contributed by atoms with Gasteiger partial charge in [0.2, 0.25) is 5.91 Å². The maximum Gasteiger partial charge on any atom is 0.243 e. The molecule has 1 saturated heterocycles. The smallest absolute Gasteiger partial charge is 0.243 e. The minimum Gasteiger partial charge on any atom is -0.354 e. The van der Waals surface area contributed by atoms with Crippen molar-refractivity contribution < 1.29 is 14.3 Å². The molecule has 0 bridgehead atoms. The summed E-state index contributed by atoms with van der Waals surface area (Å²) in [7, 11) is 3.49. The Morgan fingerprint density at radius 1 is 1.19 bits per heavy atom. The number of nitrogens with one attached hydrogen (secondary N) is 2. The Morgan fingerprint density at radius 3 is 2.50 bits per heavy atom. The summed E-state index contributed by atoms with van der Waals surface area (Å²) in [5.41, 5.74) is 0. The Kier molecular flexibility index (Phi) is 8.41. The second kappa shape index (κ2) is 10.1. The predicted molar refractivity (Wildman–Crippen MR) is 112 cm³/mol. The van der Waals surface area contributed by atoms with Crippen molar-refractivity contribution in [2.75, 3.05) is 33.8 Å². The Labute approximate surface area is 173 Å². The molecule has 2 aliphatic carbocycles. The summed E-state index contributed by atoms with van der Waals surface area (Å²) in [6, 6.07) is 0.481. The van der Waals surface area contributed by atoms with Crippen molar-refractivity contribution in [2.45, 2.75) is 69.3 Å². The van der Waals surface area contributed by atoms with E-state index < -0.39 is 0 Å². The van der Waals surface area contributed by atoms with Crippen LogP contribution in [0.4, 0.5) is 0 Å². The van der Waals surface area contributed by atoms with Gasteiger partial charge in [0.05, 0.1) is 6.61 Å². The third-order valence-electron chi connectivity index (χ3n) is 5.07. The van der Waals surface area contributed by atoms with Gasteiger partial charge in [0.25, 0.3) is 0 Å². The van der Waals surface area contributed by atoms with Crippen LogP contribution in [0.25, 0.3) is 0 Å². The first kappa shape index (κ1) is 21.7. The molecule has 1 unspecified atom stereocenters. The summed E-state index contributed by atoms with van der Waals surface area (Å²) in [6.45, 7) is 1.43. The first-order valence-electron chi connectivity index (χ1n) is 9.63. The second-order valence-corrected chi connectivity index (χ2v) is 7.63. The van der Waals surface area contributed by atoms with Crippen molar-refractivity contribution >= 4 is 35.8 Å². The van der Waals surface area contributed by atoms with Gasteiger partial charge in [-0.2, -0.15) is 0 Å². The van der Waals surface area contributed by atoms with Crippen LogP contribution >= 0.6 is 24.0 Å². The normalized spacial score (nSPS) is 25.3. The molecule has 1 atom stereocenters. The Bertz CT molecular complexity index is 489. The van der Waals surface area contributed by atoms with Gasteiger partial charge in [0, 0.05) is 39.5 Å². The lowest BCUT2D eigenvalue weighted by Gasteiger charge is -2.26. The number of ether oxygens (including phenoxy) is 2. The van der Waals surface area contributed by atoms with E-state index in [1.165, 1.54) is 25.7 Å². The van der Waals surface area contributed by atoms with Gasteiger partial charge in [-0.3, -0.25) is 4.79 Å². The van der Waals surface area contributed by atoms with Gasteiger partial charge < -0.3 is 25.0 Å². The minimum atomic E-state index is -0.356. The van der Waals surface area contributed by atoms with Crippen LogP contribution in [0.2, 0.25) is 0 Å². The molecule has 2 saturated carbocycles. The highest BCUT2D eigenvalue weighted by Crippen LogP contribution is 2.36. The van der Waals surface area contributed by atoms with Crippen LogP contribution in [-0.2, 0) is 14.3 Å². The number of hydrogen-bond donors (Lipinski definition) is 2. The number of halogens is 1. The van der Waals surface area contributed by atoms with E-state index in [1.807, 2.05) is 0 Å². The fourth-order valence-electron chi connectivity index (χ4n) is 3.32. The van der Waals surface area contributed by atoms with Gasteiger partial charge in [-0.15, -0.1) is 24.0 Å². The van der Waals surface area contributed by atoms with Crippen LogP contribution in [0.1, 0.15) is 51.4 Å². The van der Waals surface area contributed by atoms with Crippen molar-refractivity contribution in [3.05, 3.63) is 0 Å². The molecule has 2 N–H and O–H groups in total. The largest absolute Gasteiger partial charge is 0.354 e. The van der Waals surface area contributed by atoms with Crippen LogP contribution in [0.3, 0.4) is 0 Å². The number of rotatable bonds is 5. The Balaban J connectivity index is 0.00000243. The van der Waals surface area contributed by atoms with Crippen molar-refractivity contribution in [2.24, 2.45) is 4.99 Å². The third kappa shape index (κ3) is 6.53. The molecule has 1 spiro atoms. The average Bonchev–Trinajstić information content (AvgIpc) is 3.35. The van der Waals surface area contributed by atoms with Crippen molar-refractivity contribution in [1.29, 1.82) is 0 Å². The first-order valence-corrected chi connectivity index (χ1v) is 9.63. The summed E-state index contributed by atoms with van der Waals surface area (Å²) >= 11 is 0. The lowest BCUT2D eigenvalue weighted by Crippen LogP contribution is -2.44. The van der Waals surface area contributed by atoms with Crippen LogP contribution in [0, 0.1) is 0 Å². The van der Waals surface area contributed by atoms with Crippen LogP contribution in [0.15, 0.2) is 4.99 Å². The second-order valence-electron chi connectivity index (χ2n) is 7.63. The van der Waals surface area contributed by atoms with E-state index in [4.69, 9.17) is 9.47 Å². The Morgan fingerprint density at radius 2 is 1.88 bits per heavy atom. The molecule has 7 nitrogen and oxygen atoms in total. The zero-order valence-corrected chi connectivity index (χ0v) is 18.3. The first-order chi connectivity index (χ1) is 12.1. The van der Waals surface area contributed by atoms with Crippen molar-refractivity contribution in [1.82, 2.24) is 15.5 Å². The molecule has 1 aliphatic heterocycles. The number of carbonyl (C=O) groups is 1. The standard InChI is InChI=1S/C18H32N4O3.HI/c1-22(2)16(23)12-20-17(21-14-7-8-14)19-11-15-13-24-18(25-15)9-5-3-4-6-10-18;/h14-15H,3-13H2,1-2H3,(H2,19,20,21);1H. The number of hydrogen-bond acceptors (Lipinski definition) is 4. The molecule has 0 aromatic rings. The molecule has 1 amide bonds.